The van der Waals surface area contributed by atoms with E-state index in [2.05, 4.69) is 167 Å². The minimum absolute atomic E-state index is 0.163. The number of imidazole rings is 2. The molecule has 2 saturated heterocycles. The first-order chi connectivity index (χ1) is 35.1. The zero-order chi connectivity index (χ0) is 51.2. The third kappa shape index (κ3) is 12.9. The van der Waals surface area contributed by atoms with E-state index in [1.807, 2.05) is 63.9 Å². The van der Waals surface area contributed by atoms with Crippen molar-refractivity contribution in [3.05, 3.63) is 153 Å². The van der Waals surface area contributed by atoms with Crippen molar-refractivity contribution < 1.29 is 9.53 Å². The minimum Gasteiger partial charge on any atom is -0.444 e. The van der Waals surface area contributed by atoms with Crippen LogP contribution in [0.25, 0.3) is 45.3 Å². The van der Waals surface area contributed by atoms with Gasteiger partial charge in [0.15, 0.2) is 0 Å². The number of benzene rings is 4. The number of piperidine rings is 2. The van der Waals surface area contributed by atoms with E-state index in [-0.39, 0.29) is 12.1 Å². The van der Waals surface area contributed by atoms with Gasteiger partial charge in [-0.25, -0.2) is 34.7 Å². The number of halogens is 2. The van der Waals surface area contributed by atoms with Crippen LogP contribution in [0.15, 0.2) is 131 Å². The first kappa shape index (κ1) is 51.2. The highest BCUT2D eigenvalue weighted by Gasteiger charge is 2.30. The number of carbonyl (C=O) groups is 1. The Kier molecular flexibility index (Phi) is 15.8. The molecule has 4 aromatic carbocycles. The monoisotopic (exact) mass is 1100 g/mol. The summed E-state index contributed by atoms with van der Waals surface area (Å²) in [6, 6.07) is 33.6. The molecule has 0 spiro atoms. The Morgan fingerprint density at radius 1 is 0.589 bits per heavy atom. The molecule has 2 fully saturated rings. The van der Waals surface area contributed by atoms with Gasteiger partial charge in [-0.1, -0.05) is 68.3 Å². The first-order valence-electron chi connectivity index (χ1n) is 24.8. The van der Waals surface area contributed by atoms with Crippen LogP contribution >= 0.6 is 31.9 Å². The topological polar surface area (TPSA) is 153 Å². The summed E-state index contributed by atoms with van der Waals surface area (Å²) in [6.45, 7) is 17.3. The molecule has 0 radical (unpaired) electrons. The molecule has 2 aliphatic rings. The van der Waals surface area contributed by atoms with Crippen molar-refractivity contribution in [1.29, 1.82) is 0 Å². The molecule has 0 aliphatic carbocycles. The van der Waals surface area contributed by atoms with Crippen LogP contribution in [-0.2, 0) is 4.74 Å². The predicted molar refractivity (Wildman–Crippen MR) is 298 cm³/mol. The Morgan fingerprint density at radius 2 is 1.00 bits per heavy atom. The fourth-order valence-corrected chi connectivity index (χ4v) is 10.1. The molecular weight excluding hydrogens is 1040 g/mol. The molecule has 73 heavy (non-hydrogen) atoms. The average molecular weight is 1110 g/mol. The van der Waals surface area contributed by atoms with Gasteiger partial charge in [0.25, 0.3) is 0 Å². The van der Waals surface area contributed by atoms with Gasteiger partial charge in [0.05, 0.1) is 46.8 Å². The fourth-order valence-electron chi connectivity index (χ4n) is 9.61. The molecule has 3 N–H and O–H groups in total. The van der Waals surface area contributed by atoms with E-state index in [9.17, 15) is 4.79 Å². The van der Waals surface area contributed by atoms with E-state index in [1.54, 1.807) is 11.1 Å². The first-order valence-corrected chi connectivity index (χ1v) is 26.4. The van der Waals surface area contributed by atoms with Crippen molar-refractivity contribution in [2.24, 2.45) is 0 Å². The summed E-state index contributed by atoms with van der Waals surface area (Å²) in [4.78, 5) is 43.0. The third-order valence-corrected chi connectivity index (χ3v) is 13.8. The Labute approximate surface area is 444 Å². The largest absolute Gasteiger partial charge is 0.444 e. The number of carbonyl (C=O) groups excluding carboxylic acids is 1. The Hall–Kier alpha value is -6.75. The van der Waals surface area contributed by atoms with Crippen molar-refractivity contribution in [1.82, 2.24) is 49.3 Å². The molecule has 8 aromatic rings. The lowest BCUT2D eigenvalue weighted by Crippen LogP contribution is -2.42. The number of aromatic nitrogens is 8. The van der Waals surface area contributed by atoms with Crippen LogP contribution in [0, 0.1) is 27.7 Å². The van der Waals surface area contributed by atoms with Gasteiger partial charge in [0.2, 0.25) is 11.9 Å². The normalized spacial score (nSPS) is 14.3. The maximum atomic E-state index is 12.6. The van der Waals surface area contributed by atoms with Crippen molar-refractivity contribution in [3.8, 4) is 45.3 Å². The molecule has 1 amide bonds. The van der Waals surface area contributed by atoms with Gasteiger partial charge in [-0.15, -0.1) is 0 Å². The summed E-state index contributed by atoms with van der Waals surface area (Å²) >= 11 is 7.08. The maximum Gasteiger partial charge on any atom is 0.410 e. The van der Waals surface area contributed by atoms with Crippen LogP contribution in [0.5, 0.6) is 0 Å². The molecule has 2 aliphatic heterocycles. The molecule has 0 atom stereocenters. The number of nitrogens with one attached hydrogen (secondary N) is 3. The quantitative estimate of drug-likeness (QED) is 0.120. The summed E-state index contributed by atoms with van der Waals surface area (Å²) in [5.41, 5.74) is 13.7. The second-order valence-corrected chi connectivity index (χ2v) is 21.8. The molecule has 376 valence electrons. The standard InChI is InChI=1S/C31H35BrN6O2.C26H27BrN6/c1-20-16-21(2)18-24(17-20)35-29-33-13-10-26(36-29)28-27(22-6-8-23(32)9-7-22)34-19-38(28)25-11-14-37(15-12-25)30(39)40-31(3,4)5;1-17-13-18(2)15-21(14-17)31-26-29-12-9-23(32-26)25-24(19-3-5-20(27)6-4-19)30-16-33(25)22-7-10-28-11-8-22/h6-10,13,16-19,25H,11-12,14-15H2,1-5H3,(H,33,35,36);3-6,9,12-16,22,28H,7-8,10-11H2,1-2H3,(H,29,31,32). The van der Waals surface area contributed by atoms with Crippen LogP contribution in [0.4, 0.5) is 28.1 Å². The lowest BCUT2D eigenvalue weighted by Gasteiger charge is -2.34. The highest BCUT2D eigenvalue weighted by molar-refractivity contribution is 9.10. The van der Waals surface area contributed by atoms with Gasteiger partial charge in [0.1, 0.15) is 5.60 Å². The van der Waals surface area contributed by atoms with Crippen LogP contribution in [-0.4, -0.2) is 81.8 Å². The number of ether oxygens (including phenoxy) is 1. The fraction of sp³-hybridized carbons (Fsp3) is 0.316. The molecular formula is C57H62Br2N12O2. The van der Waals surface area contributed by atoms with Crippen LogP contribution < -0.4 is 16.0 Å². The number of rotatable bonds is 10. The molecule has 6 heterocycles. The zero-order valence-electron chi connectivity index (χ0n) is 42.5. The predicted octanol–water partition coefficient (Wildman–Crippen LogP) is 13.8. The Bertz CT molecular complexity index is 3150. The second kappa shape index (κ2) is 22.6. The van der Waals surface area contributed by atoms with Gasteiger partial charge in [0, 0.05) is 69.0 Å². The van der Waals surface area contributed by atoms with Crippen LogP contribution in [0.2, 0.25) is 0 Å². The zero-order valence-corrected chi connectivity index (χ0v) is 45.6. The highest BCUT2D eigenvalue weighted by atomic mass is 79.9. The number of amides is 1. The van der Waals surface area contributed by atoms with Gasteiger partial charge in [-0.05, 0) is 170 Å². The summed E-state index contributed by atoms with van der Waals surface area (Å²) in [5.74, 6) is 1.11. The van der Waals surface area contributed by atoms with Crippen LogP contribution in [0.3, 0.4) is 0 Å². The number of nitrogens with zero attached hydrogens (tertiary/aromatic N) is 9. The smallest absolute Gasteiger partial charge is 0.410 e. The molecule has 0 saturated carbocycles. The SMILES string of the molecule is Cc1cc(C)cc(Nc2nccc(-c3c(-c4ccc(Br)cc4)ncn3C3CCN(C(=O)OC(C)(C)C)CC3)n2)c1.Cc1cc(C)cc(Nc2nccc(-c3c(-c4ccc(Br)cc4)ncn3C3CCNCC3)n2)c1. The summed E-state index contributed by atoms with van der Waals surface area (Å²) in [7, 11) is 0. The molecule has 0 unspecified atom stereocenters. The van der Waals surface area contributed by atoms with Gasteiger partial charge in [-0.3, -0.25) is 0 Å². The Morgan fingerprint density at radius 3 is 1.41 bits per heavy atom. The molecule has 0 bridgehead atoms. The Balaban J connectivity index is 0.000000183. The summed E-state index contributed by atoms with van der Waals surface area (Å²) in [6.07, 6.45) is 10.9. The van der Waals surface area contributed by atoms with E-state index in [1.165, 1.54) is 22.3 Å². The van der Waals surface area contributed by atoms with E-state index in [4.69, 9.17) is 24.7 Å². The van der Waals surface area contributed by atoms with Gasteiger partial charge >= 0.3 is 6.09 Å². The molecule has 14 nitrogen and oxygen atoms in total. The molecule has 10 rings (SSSR count). The maximum absolute atomic E-state index is 12.6. The number of hydrogen-bond donors (Lipinski definition) is 3. The van der Waals surface area contributed by atoms with Crippen LogP contribution in [0.1, 0.15) is 80.8 Å². The molecule has 16 heteroatoms. The van der Waals surface area contributed by atoms with Gasteiger partial charge in [-0.2, -0.15) is 0 Å². The minimum atomic E-state index is -0.513. The lowest BCUT2D eigenvalue weighted by molar-refractivity contribution is 0.0189. The van der Waals surface area contributed by atoms with Crippen molar-refractivity contribution in [2.75, 3.05) is 36.8 Å². The number of anilines is 4. The van der Waals surface area contributed by atoms with Gasteiger partial charge < -0.3 is 34.7 Å². The number of aryl methyl sites for hydroxylation is 4. The summed E-state index contributed by atoms with van der Waals surface area (Å²) in [5, 5.41) is 10.2. The van der Waals surface area contributed by atoms with E-state index < -0.39 is 5.60 Å². The van der Waals surface area contributed by atoms with E-state index in [0.29, 0.717) is 31.0 Å². The third-order valence-electron chi connectivity index (χ3n) is 12.8. The second-order valence-electron chi connectivity index (χ2n) is 19.9. The van der Waals surface area contributed by atoms with Crippen molar-refractivity contribution in [3.63, 3.8) is 0 Å². The number of likely N-dealkylation sites (tertiary alicyclic amines) is 1. The van der Waals surface area contributed by atoms with E-state index >= 15 is 0 Å². The number of hydrogen-bond acceptors (Lipinski definition) is 11. The van der Waals surface area contributed by atoms with E-state index in [0.717, 1.165) is 104 Å². The average Bonchev–Trinajstić information content (AvgIpc) is 4.01. The highest BCUT2D eigenvalue weighted by Crippen LogP contribution is 2.38. The van der Waals surface area contributed by atoms with Crippen molar-refractivity contribution in [2.45, 2.75) is 91.8 Å². The lowest BCUT2D eigenvalue weighted by atomic mass is 10.0. The molecule has 4 aromatic heterocycles. The summed E-state index contributed by atoms with van der Waals surface area (Å²) < 4.78 is 12.2. The van der Waals surface area contributed by atoms with Crippen molar-refractivity contribution >= 4 is 61.2 Å².